The van der Waals surface area contributed by atoms with Crippen molar-refractivity contribution in [3.05, 3.63) is 34.9 Å². The Labute approximate surface area is 136 Å². The summed E-state index contributed by atoms with van der Waals surface area (Å²) in [6.45, 7) is 0. The van der Waals surface area contributed by atoms with Crippen LogP contribution in [0.5, 0.6) is 0 Å². The average molecular weight is 321 g/mol. The fourth-order valence-corrected chi connectivity index (χ4v) is 3.06. The molecule has 0 heterocycles. The molecule has 0 saturated heterocycles. The van der Waals surface area contributed by atoms with Crippen LogP contribution < -0.4 is 5.32 Å². The van der Waals surface area contributed by atoms with E-state index in [1.165, 1.54) is 6.42 Å². The van der Waals surface area contributed by atoms with Gasteiger partial charge in [0.15, 0.2) is 0 Å². The Morgan fingerprint density at radius 3 is 2.55 bits per heavy atom. The maximum absolute atomic E-state index is 12.1. The highest BCUT2D eigenvalue weighted by atomic mass is 35.5. The second-order valence-corrected chi connectivity index (χ2v) is 6.28. The van der Waals surface area contributed by atoms with Crippen LogP contribution in [0.25, 0.3) is 0 Å². The maximum atomic E-state index is 12.1. The van der Waals surface area contributed by atoms with Gasteiger partial charge in [0.1, 0.15) is 6.04 Å². The zero-order valence-corrected chi connectivity index (χ0v) is 13.2. The van der Waals surface area contributed by atoms with E-state index in [0.29, 0.717) is 10.6 Å². The number of aliphatic hydroxyl groups excluding tert-OH is 1. The smallest absolute Gasteiger partial charge is 0.223 e. The third kappa shape index (κ3) is 4.72. The van der Waals surface area contributed by atoms with Crippen LogP contribution in [0.2, 0.25) is 5.02 Å². The van der Waals surface area contributed by atoms with E-state index in [1.807, 2.05) is 0 Å². The summed E-state index contributed by atoms with van der Waals surface area (Å²) in [5, 5.41) is 22.7. The number of rotatable bonds is 5. The minimum atomic E-state index is -0.886. The number of benzene rings is 1. The first-order valence-electron chi connectivity index (χ1n) is 7.72. The number of hydrogen-bond acceptors (Lipinski definition) is 3. The quantitative estimate of drug-likeness (QED) is 0.873. The Hall–Kier alpha value is -1.57. The van der Waals surface area contributed by atoms with Crippen LogP contribution in [0.1, 0.15) is 50.2 Å². The Balaban J connectivity index is 1.88. The minimum Gasteiger partial charge on any atom is -0.388 e. The van der Waals surface area contributed by atoms with E-state index in [0.717, 1.165) is 25.7 Å². The van der Waals surface area contributed by atoms with Gasteiger partial charge in [-0.1, -0.05) is 43.0 Å². The SMILES string of the molecule is N#CC(NC(=O)CC(O)c1ccc(Cl)cc1)C1CCCCC1. The summed E-state index contributed by atoms with van der Waals surface area (Å²) in [7, 11) is 0. The van der Waals surface area contributed by atoms with Crippen LogP contribution >= 0.6 is 11.6 Å². The van der Waals surface area contributed by atoms with Crippen molar-refractivity contribution in [2.75, 3.05) is 0 Å². The molecule has 1 aliphatic rings. The summed E-state index contributed by atoms with van der Waals surface area (Å²) in [6.07, 6.45) is 4.47. The lowest BCUT2D eigenvalue weighted by Gasteiger charge is -2.26. The molecule has 118 valence electrons. The number of amides is 1. The standard InChI is InChI=1S/C17H21ClN2O2/c18-14-8-6-13(7-9-14)16(21)10-17(22)20-15(11-19)12-4-2-1-3-5-12/h6-9,12,15-16,21H,1-5,10H2,(H,20,22). The molecule has 4 nitrogen and oxygen atoms in total. The lowest BCUT2D eigenvalue weighted by atomic mass is 9.84. The Morgan fingerprint density at radius 1 is 1.32 bits per heavy atom. The third-order valence-corrected chi connectivity index (χ3v) is 4.46. The van der Waals surface area contributed by atoms with Gasteiger partial charge in [0.25, 0.3) is 0 Å². The van der Waals surface area contributed by atoms with Gasteiger partial charge in [0.05, 0.1) is 18.6 Å². The van der Waals surface area contributed by atoms with Gasteiger partial charge >= 0.3 is 0 Å². The zero-order chi connectivity index (χ0) is 15.9. The number of nitriles is 1. The molecule has 1 amide bonds. The molecule has 1 aromatic carbocycles. The zero-order valence-electron chi connectivity index (χ0n) is 12.5. The lowest BCUT2D eigenvalue weighted by molar-refractivity contribution is -0.123. The van der Waals surface area contributed by atoms with Crippen molar-refractivity contribution < 1.29 is 9.90 Å². The highest BCUT2D eigenvalue weighted by Crippen LogP contribution is 2.26. The predicted octanol–water partition coefficient (Wildman–Crippen LogP) is 3.35. The summed E-state index contributed by atoms with van der Waals surface area (Å²) in [5.41, 5.74) is 0.644. The van der Waals surface area contributed by atoms with Crippen molar-refractivity contribution in [2.24, 2.45) is 5.92 Å². The topological polar surface area (TPSA) is 73.1 Å². The number of carbonyl (C=O) groups is 1. The molecule has 5 heteroatoms. The van der Waals surface area contributed by atoms with E-state index in [2.05, 4.69) is 11.4 Å². The number of nitrogens with one attached hydrogen (secondary N) is 1. The molecule has 2 unspecified atom stereocenters. The molecule has 0 radical (unpaired) electrons. The van der Waals surface area contributed by atoms with Crippen LogP contribution in [0.3, 0.4) is 0 Å². The van der Waals surface area contributed by atoms with Gasteiger partial charge in [-0.15, -0.1) is 0 Å². The van der Waals surface area contributed by atoms with E-state index in [4.69, 9.17) is 11.6 Å². The number of hydrogen-bond donors (Lipinski definition) is 2. The van der Waals surface area contributed by atoms with Crippen LogP contribution in [0.4, 0.5) is 0 Å². The summed E-state index contributed by atoms with van der Waals surface area (Å²) < 4.78 is 0. The van der Waals surface area contributed by atoms with Gasteiger partial charge in [-0.25, -0.2) is 0 Å². The van der Waals surface area contributed by atoms with Crippen molar-refractivity contribution in [1.82, 2.24) is 5.32 Å². The number of nitrogens with zero attached hydrogens (tertiary/aromatic N) is 1. The monoisotopic (exact) mass is 320 g/mol. The summed E-state index contributed by atoms with van der Waals surface area (Å²) in [4.78, 5) is 12.1. The second kappa shape index (κ2) is 8.17. The molecule has 0 spiro atoms. The van der Waals surface area contributed by atoms with Crippen molar-refractivity contribution in [3.63, 3.8) is 0 Å². The number of aliphatic hydroxyl groups is 1. The maximum Gasteiger partial charge on any atom is 0.223 e. The van der Waals surface area contributed by atoms with Gasteiger partial charge in [-0.2, -0.15) is 5.26 Å². The highest BCUT2D eigenvalue weighted by molar-refractivity contribution is 6.30. The van der Waals surface area contributed by atoms with Crippen molar-refractivity contribution in [1.29, 1.82) is 5.26 Å². The molecule has 22 heavy (non-hydrogen) atoms. The van der Waals surface area contributed by atoms with Gasteiger partial charge in [0, 0.05) is 5.02 Å². The van der Waals surface area contributed by atoms with E-state index in [9.17, 15) is 15.2 Å². The molecule has 1 aliphatic carbocycles. The fraction of sp³-hybridized carbons (Fsp3) is 0.529. The first kappa shape index (κ1) is 16.8. The van der Waals surface area contributed by atoms with E-state index < -0.39 is 12.1 Å². The van der Waals surface area contributed by atoms with Gasteiger partial charge in [0.2, 0.25) is 5.91 Å². The summed E-state index contributed by atoms with van der Waals surface area (Å²) in [5.74, 6) is -0.0602. The number of carbonyl (C=O) groups excluding carboxylic acids is 1. The molecule has 2 atom stereocenters. The van der Waals surface area contributed by atoms with Gasteiger partial charge in [-0.3, -0.25) is 4.79 Å². The first-order chi connectivity index (χ1) is 10.6. The van der Waals surface area contributed by atoms with Crippen LogP contribution in [-0.2, 0) is 4.79 Å². The summed E-state index contributed by atoms with van der Waals surface area (Å²) >= 11 is 5.80. The molecule has 1 fully saturated rings. The fourth-order valence-electron chi connectivity index (χ4n) is 2.93. The van der Waals surface area contributed by atoms with Gasteiger partial charge in [-0.05, 0) is 36.5 Å². The largest absolute Gasteiger partial charge is 0.388 e. The van der Waals surface area contributed by atoms with Crippen molar-refractivity contribution in [2.45, 2.75) is 50.7 Å². The van der Waals surface area contributed by atoms with E-state index in [1.54, 1.807) is 24.3 Å². The lowest BCUT2D eigenvalue weighted by Crippen LogP contribution is -2.40. The Kier molecular flexibility index (Phi) is 6.23. The van der Waals surface area contributed by atoms with Crippen molar-refractivity contribution >= 4 is 17.5 Å². The summed E-state index contributed by atoms with van der Waals surface area (Å²) in [6, 6.07) is 8.49. The molecular weight excluding hydrogens is 300 g/mol. The molecule has 1 saturated carbocycles. The Bertz CT molecular complexity index is 533. The van der Waals surface area contributed by atoms with Crippen LogP contribution in [-0.4, -0.2) is 17.1 Å². The molecule has 0 bridgehead atoms. The average Bonchev–Trinajstić information content (AvgIpc) is 2.54. The molecule has 2 N–H and O–H groups in total. The predicted molar refractivity (Wildman–Crippen MR) is 85.1 cm³/mol. The number of halogens is 1. The molecule has 0 aliphatic heterocycles. The van der Waals surface area contributed by atoms with E-state index >= 15 is 0 Å². The Morgan fingerprint density at radius 2 is 1.95 bits per heavy atom. The molecule has 1 aromatic rings. The van der Waals surface area contributed by atoms with Crippen LogP contribution in [0.15, 0.2) is 24.3 Å². The first-order valence-corrected chi connectivity index (χ1v) is 8.10. The van der Waals surface area contributed by atoms with Crippen LogP contribution in [0, 0.1) is 17.2 Å². The molecule has 0 aromatic heterocycles. The second-order valence-electron chi connectivity index (χ2n) is 5.84. The third-order valence-electron chi connectivity index (χ3n) is 4.21. The normalized spacial score (nSPS) is 18.2. The highest BCUT2D eigenvalue weighted by Gasteiger charge is 2.25. The van der Waals surface area contributed by atoms with Crippen molar-refractivity contribution in [3.8, 4) is 6.07 Å². The van der Waals surface area contributed by atoms with Gasteiger partial charge < -0.3 is 10.4 Å². The van der Waals surface area contributed by atoms with E-state index in [-0.39, 0.29) is 18.2 Å². The molecule has 2 rings (SSSR count). The molecular formula is C17H21ClN2O2. The minimum absolute atomic E-state index is 0.0491.